The van der Waals surface area contributed by atoms with Crippen LogP contribution in [-0.4, -0.2) is 25.8 Å². The number of hydrogen-bond acceptors (Lipinski definition) is 5. The molecular weight excluding hydrogens is 394 g/mol. The number of carbonyl (C=O) groups excluding carboxylic acids is 1. The molecule has 0 aliphatic carbocycles. The molecule has 4 rings (SSSR count). The molecule has 2 N–H and O–H groups in total. The van der Waals surface area contributed by atoms with Crippen molar-refractivity contribution in [3.05, 3.63) is 77.3 Å². The van der Waals surface area contributed by atoms with Crippen molar-refractivity contribution >= 4 is 46.1 Å². The molecule has 0 fully saturated rings. The number of halogens is 1. The Morgan fingerprint density at radius 1 is 1.11 bits per heavy atom. The van der Waals surface area contributed by atoms with E-state index in [1.54, 1.807) is 12.4 Å². The van der Waals surface area contributed by atoms with E-state index >= 15 is 0 Å². The van der Waals surface area contributed by atoms with Crippen molar-refractivity contribution in [2.24, 2.45) is 0 Å². The molecule has 1 atom stereocenters. The van der Waals surface area contributed by atoms with Gasteiger partial charge in [-0.15, -0.1) is 0 Å². The van der Waals surface area contributed by atoms with Crippen LogP contribution in [0.1, 0.15) is 16.4 Å². The van der Waals surface area contributed by atoms with Crippen LogP contribution in [0.3, 0.4) is 0 Å². The molecular formula is C20H16ClN5OS. The van der Waals surface area contributed by atoms with E-state index in [0.29, 0.717) is 26.9 Å². The van der Waals surface area contributed by atoms with E-state index in [-0.39, 0.29) is 5.91 Å². The number of amides is 1. The Bertz CT molecular complexity index is 1130. The van der Waals surface area contributed by atoms with Gasteiger partial charge >= 0.3 is 0 Å². The monoisotopic (exact) mass is 409 g/mol. The summed E-state index contributed by atoms with van der Waals surface area (Å²) in [5.41, 5.74) is 3.66. The molecule has 0 aliphatic rings. The van der Waals surface area contributed by atoms with Crippen LogP contribution in [0.5, 0.6) is 0 Å². The Labute approximate surface area is 170 Å². The predicted octanol–water partition coefficient (Wildman–Crippen LogP) is 4.79. The standard InChI is InChI=1S/C20H16ClN5OS/c1-12-14(21)8-5-9-15(12)26-19(27)17(13-6-3-2-4-7-13)28-20-16-18(23-10-22-16)24-11-25-20/h2-11,17H,1H3,(H,26,27)(H,22,23,24,25). The lowest BCUT2D eigenvalue weighted by molar-refractivity contribution is -0.115. The number of hydrogen-bond donors (Lipinski definition) is 2. The largest absolute Gasteiger partial charge is 0.341 e. The average Bonchev–Trinajstić information content (AvgIpc) is 3.20. The molecule has 2 aromatic heterocycles. The molecule has 4 aromatic rings. The summed E-state index contributed by atoms with van der Waals surface area (Å²) in [5, 5.41) is 3.75. The third-order valence-electron chi connectivity index (χ3n) is 4.28. The molecule has 28 heavy (non-hydrogen) atoms. The van der Waals surface area contributed by atoms with Gasteiger partial charge in [0.1, 0.15) is 22.1 Å². The number of H-pyrrole nitrogens is 1. The fraction of sp³-hybridized carbons (Fsp3) is 0.100. The molecule has 0 aliphatic heterocycles. The van der Waals surface area contributed by atoms with Crippen molar-refractivity contribution in [1.29, 1.82) is 0 Å². The van der Waals surface area contributed by atoms with Crippen LogP contribution in [0.2, 0.25) is 5.02 Å². The first-order chi connectivity index (χ1) is 13.6. The Morgan fingerprint density at radius 2 is 1.93 bits per heavy atom. The summed E-state index contributed by atoms with van der Waals surface area (Å²) in [7, 11) is 0. The molecule has 0 saturated heterocycles. The number of aromatic nitrogens is 4. The lowest BCUT2D eigenvalue weighted by Crippen LogP contribution is -2.19. The zero-order chi connectivity index (χ0) is 19.5. The van der Waals surface area contributed by atoms with Crippen molar-refractivity contribution in [2.75, 3.05) is 5.32 Å². The van der Waals surface area contributed by atoms with Gasteiger partial charge in [0.2, 0.25) is 5.91 Å². The normalized spacial score (nSPS) is 12.1. The second-order valence-corrected chi connectivity index (χ2v) is 7.59. The Balaban J connectivity index is 1.69. The second kappa shape index (κ2) is 8.00. The molecule has 0 saturated carbocycles. The van der Waals surface area contributed by atoms with E-state index < -0.39 is 5.25 Å². The number of thioether (sulfide) groups is 1. The minimum absolute atomic E-state index is 0.159. The number of carbonyl (C=O) groups is 1. The Morgan fingerprint density at radius 3 is 2.75 bits per heavy atom. The lowest BCUT2D eigenvalue weighted by Gasteiger charge is -2.18. The predicted molar refractivity (Wildman–Crippen MR) is 112 cm³/mol. The minimum Gasteiger partial charge on any atom is -0.341 e. The lowest BCUT2D eigenvalue weighted by atomic mass is 10.1. The van der Waals surface area contributed by atoms with Crippen LogP contribution in [0.15, 0.2) is 66.2 Å². The van der Waals surface area contributed by atoms with Gasteiger partial charge in [0.05, 0.1) is 6.33 Å². The molecule has 1 unspecified atom stereocenters. The summed E-state index contributed by atoms with van der Waals surface area (Å²) in [6, 6.07) is 15.0. The molecule has 2 aromatic carbocycles. The highest BCUT2D eigenvalue weighted by atomic mass is 35.5. The second-order valence-electron chi connectivity index (χ2n) is 6.09. The van der Waals surface area contributed by atoms with Gasteiger partial charge in [0, 0.05) is 10.7 Å². The number of fused-ring (bicyclic) bond motifs is 1. The summed E-state index contributed by atoms with van der Waals surface area (Å²) >= 11 is 7.54. The van der Waals surface area contributed by atoms with Crippen molar-refractivity contribution < 1.29 is 4.79 Å². The van der Waals surface area contributed by atoms with Gasteiger partial charge in [0.25, 0.3) is 0 Å². The number of benzene rings is 2. The topological polar surface area (TPSA) is 83.6 Å². The zero-order valence-electron chi connectivity index (χ0n) is 14.9. The molecule has 1 amide bonds. The van der Waals surface area contributed by atoms with Gasteiger partial charge in [-0.05, 0) is 30.2 Å². The fourth-order valence-corrected chi connectivity index (χ4v) is 4.02. The summed E-state index contributed by atoms with van der Waals surface area (Å²) in [5.74, 6) is -0.159. The van der Waals surface area contributed by atoms with Crippen LogP contribution in [0, 0.1) is 6.92 Å². The maximum atomic E-state index is 13.2. The summed E-state index contributed by atoms with van der Waals surface area (Å²) in [4.78, 5) is 28.9. The van der Waals surface area contributed by atoms with Crippen molar-refractivity contribution in [1.82, 2.24) is 19.9 Å². The van der Waals surface area contributed by atoms with Crippen LogP contribution >= 0.6 is 23.4 Å². The number of aromatic amines is 1. The third kappa shape index (κ3) is 3.72. The van der Waals surface area contributed by atoms with Gasteiger partial charge in [-0.2, -0.15) is 0 Å². The number of anilines is 1. The van der Waals surface area contributed by atoms with Gasteiger partial charge < -0.3 is 10.3 Å². The van der Waals surface area contributed by atoms with Crippen LogP contribution in [0.4, 0.5) is 5.69 Å². The van der Waals surface area contributed by atoms with Gasteiger partial charge in [-0.1, -0.05) is 59.8 Å². The van der Waals surface area contributed by atoms with E-state index in [4.69, 9.17) is 11.6 Å². The van der Waals surface area contributed by atoms with E-state index in [9.17, 15) is 4.79 Å². The quantitative estimate of drug-likeness (QED) is 0.366. The van der Waals surface area contributed by atoms with Crippen molar-refractivity contribution in [3.63, 3.8) is 0 Å². The third-order valence-corrected chi connectivity index (χ3v) is 5.95. The van der Waals surface area contributed by atoms with Crippen LogP contribution in [0.25, 0.3) is 11.2 Å². The van der Waals surface area contributed by atoms with Crippen LogP contribution < -0.4 is 5.32 Å². The zero-order valence-corrected chi connectivity index (χ0v) is 16.5. The maximum Gasteiger partial charge on any atom is 0.242 e. The Hall–Kier alpha value is -2.90. The fourth-order valence-electron chi connectivity index (χ4n) is 2.79. The number of nitrogens with one attached hydrogen (secondary N) is 2. The van der Waals surface area contributed by atoms with Crippen molar-refractivity contribution in [3.8, 4) is 0 Å². The van der Waals surface area contributed by atoms with Gasteiger partial charge in [0.15, 0.2) is 5.65 Å². The summed E-state index contributed by atoms with van der Waals surface area (Å²) in [6.07, 6.45) is 3.02. The maximum absolute atomic E-state index is 13.2. The molecule has 2 heterocycles. The average molecular weight is 410 g/mol. The first-order valence-corrected chi connectivity index (χ1v) is 9.81. The minimum atomic E-state index is -0.513. The smallest absolute Gasteiger partial charge is 0.242 e. The highest BCUT2D eigenvalue weighted by molar-refractivity contribution is 8.00. The van der Waals surface area contributed by atoms with Gasteiger partial charge in [-0.25, -0.2) is 15.0 Å². The molecule has 0 spiro atoms. The number of rotatable bonds is 5. The number of imidazole rings is 1. The van der Waals surface area contributed by atoms with E-state index in [1.807, 2.05) is 49.4 Å². The SMILES string of the molecule is Cc1c(Cl)cccc1NC(=O)C(Sc1ncnc2nc[nH]c12)c1ccccc1. The summed E-state index contributed by atoms with van der Waals surface area (Å²) in [6.45, 7) is 1.88. The van der Waals surface area contributed by atoms with E-state index in [0.717, 1.165) is 11.1 Å². The van der Waals surface area contributed by atoms with Crippen LogP contribution in [-0.2, 0) is 4.79 Å². The molecule has 0 radical (unpaired) electrons. The molecule has 8 heteroatoms. The first kappa shape index (κ1) is 18.5. The first-order valence-electron chi connectivity index (χ1n) is 8.55. The Kier molecular flexibility index (Phi) is 5.27. The molecule has 140 valence electrons. The van der Waals surface area contributed by atoms with E-state index in [1.165, 1.54) is 18.1 Å². The van der Waals surface area contributed by atoms with E-state index in [2.05, 4.69) is 25.3 Å². The van der Waals surface area contributed by atoms with Crippen molar-refractivity contribution in [2.45, 2.75) is 17.2 Å². The molecule has 0 bridgehead atoms. The highest BCUT2D eigenvalue weighted by Gasteiger charge is 2.25. The van der Waals surface area contributed by atoms with Gasteiger partial charge in [-0.3, -0.25) is 4.79 Å². The molecule has 6 nitrogen and oxygen atoms in total. The number of nitrogens with zero attached hydrogens (tertiary/aromatic N) is 3. The highest BCUT2D eigenvalue weighted by Crippen LogP contribution is 2.37. The summed E-state index contributed by atoms with van der Waals surface area (Å²) < 4.78 is 0.